The highest BCUT2D eigenvalue weighted by molar-refractivity contribution is 6.05. The number of anilines is 1. The van der Waals surface area contributed by atoms with Gasteiger partial charge in [0.15, 0.2) is 11.4 Å². The molecule has 2 N–H and O–H groups in total. The van der Waals surface area contributed by atoms with E-state index in [9.17, 15) is 0 Å². The first-order valence-corrected chi connectivity index (χ1v) is 5.80. The highest BCUT2D eigenvalue weighted by atomic mass is 16.3. The Morgan fingerprint density at radius 3 is 2.94 bits per heavy atom. The van der Waals surface area contributed by atoms with E-state index in [1.165, 1.54) is 0 Å². The number of rotatable bonds is 3. The molecule has 0 atom stereocenters. The molecule has 0 saturated carbocycles. The molecule has 0 spiro atoms. The Labute approximate surface area is 103 Å². The summed E-state index contributed by atoms with van der Waals surface area (Å²) in [5.41, 5.74) is 2.23. The molecule has 1 aromatic carbocycles. The molecule has 0 fully saturated rings. The molecular weight excluding hydrogens is 230 g/mol. The first kappa shape index (κ1) is 11.0. The van der Waals surface area contributed by atoms with Gasteiger partial charge in [-0.1, -0.05) is 12.1 Å². The summed E-state index contributed by atoms with van der Waals surface area (Å²) < 4.78 is 5.77. The van der Waals surface area contributed by atoms with E-state index in [-0.39, 0.29) is 6.61 Å². The third-order valence-corrected chi connectivity index (χ3v) is 2.74. The minimum atomic E-state index is 0.0464. The molecule has 0 bridgehead atoms. The number of benzene rings is 1. The van der Waals surface area contributed by atoms with E-state index in [4.69, 9.17) is 9.52 Å². The van der Waals surface area contributed by atoms with Gasteiger partial charge in [-0.3, -0.25) is 0 Å². The van der Waals surface area contributed by atoms with E-state index >= 15 is 0 Å². The van der Waals surface area contributed by atoms with Gasteiger partial charge in [-0.2, -0.15) is 0 Å². The van der Waals surface area contributed by atoms with Crippen molar-refractivity contribution in [3.8, 4) is 0 Å². The number of fused-ring (bicyclic) bond motifs is 3. The van der Waals surface area contributed by atoms with Crippen molar-refractivity contribution in [2.45, 2.75) is 6.92 Å². The third-order valence-electron chi connectivity index (χ3n) is 2.74. The van der Waals surface area contributed by atoms with Crippen LogP contribution in [0.25, 0.3) is 22.1 Å². The number of aliphatic hydroxyl groups excluding tert-OH is 1. The minimum Gasteiger partial charge on any atom is -0.450 e. The highest BCUT2D eigenvalue weighted by Crippen LogP contribution is 2.30. The molecule has 2 heterocycles. The van der Waals surface area contributed by atoms with Gasteiger partial charge in [-0.25, -0.2) is 9.97 Å². The largest absolute Gasteiger partial charge is 0.450 e. The lowest BCUT2D eigenvalue weighted by atomic mass is 10.2. The molecule has 0 unspecified atom stereocenters. The van der Waals surface area contributed by atoms with E-state index in [0.717, 1.165) is 16.5 Å². The lowest BCUT2D eigenvalue weighted by molar-refractivity contribution is 0.311. The van der Waals surface area contributed by atoms with Gasteiger partial charge in [0.1, 0.15) is 16.9 Å². The Hall–Kier alpha value is -2.14. The highest BCUT2D eigenvalue weighted by Gasteiger charge is 2.13. The molecule has 0 radical (unpaired) electrons. The number of hydrogen-bond acceptors (Lipinski definition) is 5. The lowest BCUT2D eigenvalue weighted by Gasteiger charge is -2.04. The van der Waals surface area contributed by atoms with Crippen molar-refractivity contribution in [1.29, 1.82) is 0 Å². The Kier molecular flexibility index (Phi) is 2.60. The zero-order valence-electron chi connectivity index (χ0n) is 9.97. The molecule has 2 aromatic heterocycles. The molecule has 3 aromatic rings. The van der Waals surface area contributed by atoms with E-state index in [0.29, 0.717) is 23.8 Å². The summed E-state index contributed by atoms with van der Waals surface area (Å²) in [5, 5.41) is 12.9. The van der Waals surface area contributed by atoms with Crippen molar-refractivity contribution < 1.29 is 9.52 Å². The SMILES string of the molecule is Cc1nc(NCCO)c2oc3ccccc3c2n1. The summed E-state index contributed by atoms with van der Waals surface area (Å²) in [7, 11) is 0. The summed E-state index contributed by atoms with van der Waals surface area (Å²) in [6, 6.07) is 7.76. The zero-order chi connectivity index (χ0) is 12.5. The summed E-state index contributed by atoms with van der Waals surface area (Å²) >= 11 is 0. The quantitative estimate of drug-likeness (QED) is 0.737. The number of aromatic nitrogens is 2. The first-order chi connectivity index (χ1) is 8.79. The van der Waals surface area contributed by atoms with Crippen LogP contribution in [0.5, 0.6) is 0 Å². The van der Waals surface area contributed by atoms with Crippen LogP contribution in [0.15, 0.2) is 28.7 Å². The second-order valence-electron chi connectivity index (χ2n) is 4.05. The average molecular weight is 243 g/mol. The van der Waals surface area contributed by atoms with Crippen molar-refractivity contribution in [3.63, 3.8) is 0 Å². The van der Waals surface area contributed by atoms with Crippen molar-refractivity contribution >= 4 is 27.9 Å². The fourth-order valence-corrected chi connectivity index (χ4v) is 2.00. The smallest absolute Gasteiger partial charge is 0.196 e. The van der Waals surface area contributed by atoms with Crippen LogP contribution in [0.4, 0.5) is 5.82 Å². The van der Waals surface area contributed by atoms with Gasteiger partial charge < -0.3 is 14.8 Å². The van der Waals surface area contributed by atoms with Crippen molar-refractivity contribution in [2.75, 3.05) is 18.5 Å². The normalized spacial score (nSPS) is 11.2. The topological polar surface area (TPSA) is 71.2 Å². The van der Waals surface area contributed by atoms with Gasteiger partial charge in [-0.05, 0) is 19.1 Å². The molecule has 5 nitrogen and oxygen atoms in total. The lowest BCUT2D eigenvalue weighted by Crippen LogP contribution is -2.08. The molecule has 0 aliphatic carbocycles. The van der Waals surface area contributed by atoms with Gasteiger partial charge in [-0.15, -0.1) is 0 Å². The van der Waals surface area contributed by atoms with Crippen LogP contribution < -0.4 is 5.32 Å². The number of hydrogen-bond donors (Lipinski definition) is 2. The maximum atomic E-state index is 8.87. The Balaban J connectivity index is 2.29. The Bertz CT molecular complexity index is 706. The fourth-order valence-electron chi connectivity index (χ4n) is 2.00. The Morgan fingerprint density at radius 1 is 1.28 bits per heavy atom. The average Bonchev–Trinajstić information content (AvgIpc) is 2.75. The summed E-state index contributed by atoms with van der Waals surface area (Å²) in [6.45, 7) is 2.32. The second-order valence-corrected chi connectivity index (χ2v) is 4.05. The van der Waals surface area contributed by atoms with Crippen LogP contribution in [-0.2, 0) is 0 Å². The molecule has 0 amide bonds. The summed E-state index contributed by atoms with van der Waals surface area (Å²) in [5.74, 6) is 1.30. The standard InChI is InChI=1S/C13H13N3O2/c1-8-15-11-9-4-2-3-5-10(9)18-12(11)13(16-8)14-6-7-17/h2-5,17H,6-7H2,1H3,(H,14,15,16). The predicted molar refractivity (Wildman–Crippen MR) is 69.6 cm³/mol. The van der Waals surface area contributed by atoms with E-state index in [1.54, 1.807) is 0 Å². The van der Waals surface area contributed by atoms with Crippen molar-refractivity contribution in [3.05, 3.63) is 30.1 Å². The molecule has 0 saturated heterocycles. The van der Waals surface area contributed by atoms with E-state index in [1.807, 2.05) is 31.2 Å². The summed E-state index contributed by atoms with van der Waals surface area (Å²) in [6.07, 6.45) is 0. The second kappa shape index (κ2) is 4.27. The third kappa shape index (κ3) is 1.69. The van der Waals surface area contributed by atoms with Gasteiger partial charge in [0.05, 0.1) is 6.61 Å². The fraction of sp³-hybridized carbons (Fsp3) is 0.231. The molecule has 0 aliphatic heterocycles. The predicted octanol–water partition coefficient (Wildman–Crippen LogP) is 2.09. The molecule has 3 rings (SSSR count). The van der Waals surface area contributed by atoms with Crippen LogP contribution in [0.3, 0.4) is 0 Å². The molecule has 5 heteroatoms. The van der Waals surface area contributed by atoms with E-state index < -0.39 is 0 Å². The zero-order valence-corrected chi connectivity index (χ0v) is 9.97. The van der Waals surface area contributed by atoms with Gasteiger partial charge in [0.25, 0.3) is 0 Å². The van der Waals surface area contributed by atoms with Crippen LogP contribution in [0.1, 0.15) is 5.82 Å². The van der Waals surface area contributed by atoms with Gasteiger partial charge in [0.2, 0.25) is 0 Å². The van der Waals surface area contributed by atoms with Gasteiger partial charge in [0, 0.05) is 11.9 Å². The molecule has 92 valence electrons. The number of aliphatic hydroxyl groups is 1. The van der Waals surface area contributed by atoms with Gasteiger partial charge >= 0.3 is 0 Å². The minimum absolute atomic E-state index is 0.0464. The first-order valence-electron chi connectivity index (χ1n) is 5.80. The maximum Gasteiger partial charge on any atom is 0.196 e. The number of nitrogens with one attached hydrogen (secondary N) is 1. The molecule has 18 heavy (non-hydrogen) atoms. The maximum absolute atomic E-state index is 8.87. The molecular formula is C13H13N3O2. The number of nitrogens with zero attached hydrogens (tertiary/aromatic N) is 2. The van der Waals surface area contributed by atoms with Crippen molar-refractivity contribution in [2.24, 2.45) is 0 Å². The van der Waals surface area contributed by atoms with Crippen LogP contribution in [0, 0.1) is 6.92 Å². The van der Waals surface area contributed by atoms with Crippen LogP contribution in [0.2, 0.25) is 0 Å². The van der Waals surface area contributed by atoms with Crippen LogP contribution in [-0.4, -0.2) is 28.2 Å². The summed E-state index contributed by atoms with van der Waals surface area (Å²) in [4.78, 5) is 8.73. The monoisotopic (exact) mass is 243 g/mol. The number of aryl methyl sites for hydroxylation is 1. The Morgan fingerprint density at radius 2 is 2.11 bits per heavy atom. The number of furan rings is 1. The molecule has 0 aliphatic rings. The number of para-hydroxylation sites is 1. The van der Waals surface area contributed by atoms with E-state index in [2.05, 4.69) is 15.3 Å². The van der Waals surface area contributed by atoms with Crippen molar-refractivity contribution in [1.82, 2.24) is 9.97 Å². The van der Waals surface area contributed by atoms with Crippen LogP contribution >= 0.6 is 0 Å².